The molecule has 2 fully saturated rings. The maximum Gasteiger partial charge on any atom is 0.417 e. The van der Waals surface area contributed by atoms with Gasteiger partial charge in [-0.1, -0.05) is 30.3 Å². The van der Waals surface area contributed by atoms with Gasteiger partial charge < -0.3 is 19.8 Å². The number of nitrogens with zero attached hydrogens (tertiary/aromatic N) is 3. The molecule has 2 bridgehead atoms. The molecular weight excluding hydrogens is 475 g/mol. The Balaban J connectivity index is 1.38. The van der Waals surface area contributed by atoms with Crippen LogP contribution in [0.15, 0.2) is 48.5 Å². The van der Waals surface area contributed by atoms with Crippen LogP contribution in [0.4, 0.5) is 18.0 Å². The Hall–Kier alpha value is -4.13. The fourth-order valence-electron chi connectivity index (χ4n) is 5.91. The maximum atomic E-state index is 13.5. The molecule has 36 heavy (non-hydrogen) atoms. The second-order valence-corrected chi connectivity index (χ2v) is 9.46. The molecule has 7 rings (SSSR count). The minimum absolute atomic E-state index is 0.0772. The highest BCUT2D eigenvalue weighted by Gasteiger charge is 2.63. The topological polar surface area (TPSA) is 98.7 Å². The minimum Gasteiger partial charge on any atom is -0.494 e. The van der Waals surface area contributed by atoms with Gasteiger partial charge in [-0.2, -0.15) is 18.4 Å². The lowest BCUT2D eigenvalue weighted by Crippen LogP contribution is -2.46. The highest BCUT2D eigenvalue weighted by Crippen LogP contribution is 2.69. The van der Waals surface area contributed by atoms with E-state index in [1.807, 2.05) is 30.3 Å². The van der Waals surface area contributed by atoms with E-state index in [0.717, 1.165) is 28.7 Å². The molecule has 2 N–H and O–H groups in total. The molecule has 10 heteroatoms. The zero-order valence-corrected chi connectivity index (χ0v) is 18.7. The quantitative estimate of drug-likeness (QED) is 0.520. The van der Waals surface area contributed by atoms with Gasteiger partial charge in [0.15, 0.2) is 0 Å². The van der Waals surface area contributed by atoms with Crippen molar-refractivity contribution in [3.63, 3.8) is 0 Å². The van der Waals surface area contributed by atoms with Gasteiger partial charge in [-0.25, -0.2) is 4.79 Å². The van der Waals surface area contributed by atoms with Crippen LogP contribution < -0.4 is 0 Å². The van der Waals surface area contributed by atoms with Crippen molar-refractivity contribution >= 4 is 6.09 Å². The molecule has 4 aliphatic rings. The Labute approximate surface area is 203 Å². The molecule has 184 valence electrons. The Bertz CT molecular complexity index is 1430. The maximum absolute atomic E-state index is 13.5. The summed E-state index contributed by atoms with van der Waals surface area (Å²) in [5.41, 5.74) is -0.220. The summed E-state index contributed by atoms with van der Waals surface area (Å²) in [5, 5.41) is 31.3. The first-order valence-electron chi connectivity index (χ1n) is 11.5. The van der Waals surface area contributed by atoms with Crippen molar-refractivity contribution in [3.05, 3.63) is 76.3 Å². The van der Waals surface area contributed by atoms with Crippen molar-refractivity contribution in [2.45, 2.75) is 31.2 Å². The average molecular weight is 495 g/mol. The van der Waals surface area contributed by atoms with Crippen molar-refractivity contribution in [2.75, 3.05) is 6.54 Å². The van der Waals surface area contributed by atoms with Gasteiger partial charge in [0.1, 0.15) is 6.61 Å². The molecular formula is C26H20F3N3O4. The number of aromatic nitrogens is 1. The standard InChI is InChI=1S/C26H20F3N3O4/c27-26(28,29)19-8-15(7-6-14(19)10-30)32-23(33)20-18-11-31(22(17-9-16(17)18)21(20)24(32)34)25(35)36-12-13-4-2-1-3-5-13/h1-8,16-18,22,33-34H,9,11-12H2/t16-,17+,18?,22?/m1/s1. The minimum atomic E-state index is -4.79. The largest absolute Gasteiger partial charge is 0.494 e. The van der Waals surface area contributed by atoms with E-state index in [9.17, 15) is 28.2 Å². The molecule has 1 saturated carbocycles. The number of aromatic hydroxyl groups is 2. The van der Waals surface area contributed by atoms with Crippen molar-refractivity contribution < 1.29 is 32.9 Å². The van der Waals surface area contributed by atoms with Gasteiger partial charge in [-0.15, -0.1) is 0 Å². The van der Waals surface area contributed by atoms with Gasteiger partial charge in [-0.05, 0) is 42.0 Å². The zero-order valence-electron chi connectivity index (χ0n) is 18.7. The van der Waals surface area contributed by atoms with E-state index in [1.54, 1.807) is 4.90 Å². The van der Waals surface area contributed by atoms with E-state index >= 15 is 0 Å². The average Bonchev–Trinajstić information content (AvgIpc) is 3.64. The molecule has 2 unspecified atom stereocenters. The molecule has 2 aliphatic heterocycles. The Morgan fingerprint density at radius 3 is 2.50 bits per heavy atom. The third-order valence-corrected chi connectivity index (χ3v) is 7.53. The van der Waals surface area contributed by atoms with Crippen LogP contribution in [-0.2, 0) is 17.5 Å². The molecule has 3 heterocycles. The molecule has 1 amide bonds. The fraction of sp³-hybridized carbons (Fsp3) is 0.308. The second-order valence-electron chi connectivity index (χ2n) is 9.46. The molecule has 2 aliphatic carbocycles. The number of ether oxygens (including phenoxy) is 1. The first kappa shape index (κ1) is 22.3. The van der Waals surface area contributed by atoms with Gasteiger partial charge in [0.25, 0.3) is 0 Å². The molecule has 0 spiro atoms. The Morgan fingerprint density at radius 1 is 1.08 bits per heavy atom. The van der Waals surface area contributed by atoms with Crippen molar-refractivity contribution in [1.29, 1.82) is 5.26 Å². The number of piperidine rings is 1. The molecule has 1 saturated heterocycles. The summed E-state index contributed by atoms with van der Waals surface area (Å²) >= 11 is 0. The van der Waals surface area contributed by atoms with Gasteiger partial charge in [-0.3, -0.25) is 4.57 Å². The highest BCUT2D eigenvalue weighted by atomic mass is 19.4. The number of benzene rings is 2. The third kappa shape index (κ3) is 3.22. The van der Waals surface area contributed by atoms with Crippen molar-refractivity contribution in [3.8, 4) is 23.5 Å². The van der Waals surface area contributed by atoms with E-state index in [1.165, 1.54) is 12.1 Å². The Kier molecular flexibility index (Phi) is 4.77. The molecule has 2 aromatic carbocycles. The molecule has 1 aromatic heterocycles. The van der Waals surface area contributed by atoms with Gasteiger partial charge >= 0.3 is 12.3 Å². The van der Waals surface area contributed by atoms with Crippen LogP contribution in [0.3, 0.4) is 0 Å². The number of amides is 1. The van der Waals surface area contributed by atoms with Gasteiger partial charge in [0, 0.05) is 23.6 Å². The van der Waals surface area contributed by atoms with E-state index < -0.39 is 35.3 Å². The van der Waals surface area contributed by atoms with Crippen LogP contribution in [0.2, 0.25) is 0 Å². The number of hydrogen-bond acceptors (Lipinski definition) is 5. The summed E-state index contributed by atoms with van der Waals surface area (Å²) in [6.45, 7) is 0.364. The number of carbonyl (C=O) groups excluding carboxylic acids is 1. The predicted molar refractivity (Wildman–Crippen MR) is 119 cm³/mol. The van der Waals surface area contributed by atoms with Crippen LogP contribution >= 0.6 is 0 Å². The van der Waals surface area contributed by atoms with Crippen LogP contribution in [0.5, 0.6) is 11.8 Å². The van der Waals surface area contributed by atoms with Crippen LogP contribution in [-0.4, -0.2) is 32.3 Å². The van der Waals surface area contributed by atoms with Crippen LogP contribution in [0.25, 0.3) is 5.69 Å². The number of rotatable bonds is 3. The number of carbonyl (C=O) groups is 1. The summed E-state index contributed by atoms with van der Waals surface area (Å²) in [6, 6.07) is 13.2. The fourth-order valence-corrected chi connectivity index (χ4v) is 5.91. The third-order valence-electron chi connectivity index (χ3n) is 7.53. The first-order valence-corrected chi connectivity index (χ1v) is 11.5. The summed E-state index contributed by atoms with van der Waals surface area (Å²) in [6.07, 6.45) is -4.52. The lowest BCUT2D eigenvalue weighted by atomic mass is 9.76. The number of alkyl halides is 3. The molecule has 4 atom stereocenters. The smallest absolute Gasteiger partial charge is 0.417 e. The normalized spacial score (nSPS) is 23.6. The summed E-state index contributed by atoms with van der Waals surface area (Å²) in [4.78, 5) is 14.6. The predicted octanol–water partition coefficient (Wildman–Crippen LogP) is 5.21. The second kappa shape index (κ2) is 7.68. The van der Waals surface area contributed by atoms with Gasteiger partial charge in [0.05, 0.1) is 28.9 Å². The summed E-state index contributed by atoms with van der Waals surface area (Å²) in [7, 11) is 0. The van der Waals surface area contributed by atoms with Crippen molar-refractivity contribution in [1.82, 2.24) is 9.47 Å². The van der Waals surface area contributed by atoms with E-state index in [2.05, 4.69) is 0 Å². The van der Waals surface area contributed by atoms with Crippen LogP contribution in [0.1, 0.15) is 46.2 Å². The molecule has 7 nitrogen and oxygen atoms in total. The van der Waals surface area contributed by atoms with Crippen molar-refractivity contribution in [2.24, 2.45) is 11.8 Å². The number of fused-ring (bicyclic) bond motifs is 1. The van der Waals surface area contributed by atoms with Crippen LogP contribution in [0, 0.1) is 23.2 Å². The highest BCUT2D eigenvalue weighted by molar-refractivity contribution is 5.72. The van der Waals surface area contributed by atoms with E-state index in [0.29, 0.717) is 11.1 Å². The van der Waals surface area contributed by atoms with E-state index in [4.69, 9.17) is 10.00 Å². The van der Waals surface area contributed by atoms with Gasteiger partial charge in [0.2, 0.25) is 11.8 Å². The number of halogens is 3. The first-order chi connectivity index (χ1) is 17.2. The van der Waals surface area contributed by atoms with E-state index in [-0.39, 0.29) is 42.5 Å². The Morgan fingerprint density at radius 2 is 1.81 bits per heavy atom. The lowest BCUT2D eigenvalue weighted by molar-refractivity contribution is -0.137. The summed E-state index contributed by atoms with van der Waals surface area (Å²) < 4.78 is 47.1. The monoisotopic (exact) mass is 495 g/mol. The summed E-state index contributed by atoms with van der Waals surface area (Å²) in [5.74, 6) is -0.743. The zero-order chi connectivity index (χ0) is 25.4. The molecule has 3 aromatic rings. The molecule has 0 radical (unpaired) electrons. The lowest BCUT2D eigenvalue weighted by Gasteiger charge is -2.43. The number of nitriles is 1. The number of hydrogen-bond donors (Lipinski definition) is 2. The SMILES string of the molecule is N#Cc1ccc(-n2c(O)c3c(c2O)C2[C@H]4C[C@H]4C3CN2C(=O)OCc2ccccc2)cc1C(F)(F)F.